The van der Waals surface area contributed by atoms with Gasteiger partial charge in [0.15, 0.2) is 12.1 Å². The van der Waals surface area contributed by atoms with Crippen molar-refractivity contribution < 1.29 is 19.1 Å². The van der Waals surface area contributed by atoms with Gasteiger partial charge in [-0.15, -0.1) is 0 Å². The van der Waals surface area contributed by atoms with Crippen molar-refractivity contribution >= 4 is 18.0 Å². The van der Waals surface area contributed by atoms with E-state index in [2.05, 4.69) is 6.92 Å². The maximum Gasteiger partial charge on any atom is 0.311 e. The lowest BCUT2D eigenvalue weighted by Crippen LogP contribution is -2.47. The van der Waals surface area contributed by atoms with Gasteiger partial charge in [-0.1, -0.05) is 32.6 Å². The van der Waals surface area contributed by atoms with Crippen LogP contribution in [0.1, 0.15) is 111 Å². The van der Waals surface area contributed by atoms with Crippen LogP contribution in [0.5, 0.6) is 5.75 Å². The fraction of sp³-hybridized carbons (Fsp3) is 0.667. The number of Topliss-reactive ketones (excluding diaryl/α,β-unsaturated/α-hetero) is 1. The molecule has 168 valence electrons. The van der Waals surface area contributed by atoms with Crippen LogP contribution in [-0.2, 0) is 4.79 Å². The molecule has 0 radical (unpaired) electrons. The van der Waals surface area contributed by atoms with E-state index in [4.69, 9.17) is 4.74 Å². The summed E-state index contributed by atoms with van der Waals surface area (Å²) in [6.45, 7) is 2.17. The van der Waals surface area contributed by atoms with E-state index in [0.717, 1.165) is 56.3 Å². The molecule has 1 aromatic rings. The SMILES string of the molecule is CCCCCCCC(=O)c1ccc(OC(=O)CC23CC4CC(CC(C4)C2)C3)c(C=O)c1. The molecule has 0 amide bonds. The highest BCUT2D eigenvalue weighted by Crippen LogP contribution is 2.61. The predicted octanol–water partition coefficient (Wildman–Crippen LogP) is 6.55. The third-order valence-corrected chi connectivity index (χ3v) is 7.87. The number of hydrogen-bond donors (Lipinski definition) is 0. The summed E-state index contributed by atoms with van der Waals surface area (Å²) in [5, 5.41) is 0. The van der Waals surface area contributed by atoms with Crippen LogP contribution >= 0.6 is 0 Å². The zero-order valence-electron chi connectivity index (χ0n) is 18.9. The standard InChI is InChI=1S/C27H36O4/c1-2-3-4-5-6-7-24(29)22-8-9-25(23(13-22)18-28)31-26(30)17-27-14-19-10-20(15-27)12-21(11-19)16-27/h8-9,13,18-21H,2-7,10-12,14-17H2,1H3. The minimum absolute atomic E-state index is 0.0473. The van der Waals surface area contributed by atoms with Gasteiger partial charge in [0.1, 0.15) is 5.75 Å². The van der Waals surface area contributed by atoms with Crippen LogP contribution in [0, 0.1) is 23.2 Å². The molecule has 4 aliphatic rings. The van der Waals surface area contributed by atoms with Crippen LogP contribution < -0.4 is 4.74 Å². The molecule has 4 saturated carbocycles. The molecule has 4 heteroatoms. The van der Waals surface area contributed by atoms with Gasteiger partial charge < -0.3 is 4.74 Å². The van der Waals surface area contributed by atoms with Gasteiger partial charge >= 0.3 is 5.97 Å². The van der Waals surface area contributed by atoms with E-state index in [1.54, 1.807) is 18.2 Å². The number of esters is 1. The van der Waals surface area contributed by atoms with E-state index in [1.807, 2.05) is 0 Å². The number of ketones is 1. The fourth-order valence-corrected chi connectivity index (χ4v) is 6.91. The summed E-state index contributed by atoms with van der Waals surface area (Å²) >= 11 is 0. The number of carbonyl (C=O) groups excluding carboxylic acids is 3. The fourth-order valence-electron chi connectivity index (χ4n) is 6.91. The number of benzene rings is 1. The lowest BCUT2D eigenvalue weighted by molar-refractivity contribution is -0.142. The highest BCUT2D eigenvalue weighted by atomic mass is 16.5. The molecular formula is C27H36O4. The van der Waals surface area contributed by atoms with Gasteiger partial charge in [0.2, 0.25) is 0 Å². The average molecular weight is 425 g/mol. The van der Waals surface area contributed by atoms with Gasteiger partial charge in [-0.3, -0.25) is 14.4 Å². The summed E-state index contributed by atoms with van der Waals surface area (Å²) < 4.78 is 5.65. The first kappa shape index (κ1) is 22.2. The van der Waals surface area contributed by atoms with Crippen LogP contribution in [0.4, 0.5) is 0 Å². The molecule has 4 bridgehead atoms. The van der Waals surface area contributed by atoms with E-state index < -0.39 is 0 Å². The topological polar surface area (TPSA) is 60.4 Å². The molecule has 4 nitrogen and oxygen atoms in total. The Bertz CT molecular complexity index is 789. The Labute approximate surface area is 186 Å². The van der Waals surface area contributed by atoms with Gasteiger partial charge in [0.05, 0.1) is 12.0 Å². The summed E-state index contributed by atoms with van der Waals surface area (Å²) in [4.78, 5) is 36.9. The molecule has 31 heavy (non-hydrogen) atoms. The van der Waals surface area contributed by atoms with Gasteiger partial charge in [0.25, 0.3) is 0 Å². The number of carbonyl (C=O) groups is 3. The summed E-state index contributed by atoms with van der Waals surface area (Å²) in [6.07, 6.45) is 14.6. The molecule has 0 unspecified atom stereocenters. The molecule has 1 aromatic carbocycles. The molecule has 4 aliphatic carbocycles. The predicted molar refractivity (Wildman–Crippen MR) is 120 cm³/mol. The molecule has 0 aliphatic heterocycles. The molecule has 0 heterocycles. The Morgan fingerprint density at radius 3 is 2.26 bits per heavy atom. The van der Waals surface area contributed by atoms with Crippen molar-refractivity contribution in [3.05, 3.63) is 29.3 Å². The Balaban J connectivity index is 1.34. The van der Waals surface area contributed by atoms with Crippen molar-refractivity contribution in [1.82, 2.24) is 0 Å². The first-order valence-electron chi connectivity index (χ1n) is 12.3. The van der Waals surface area contributed by atoms with Crippen molar-refractivity contribution in [3.63, 3.8) is 0 Å². The third kappa shape index (κ3) is 5.27. The Morgan fingerprint density at radius 2 is 1.65 bits per heavy atom. The smallest absolute Gasteiger partial charge is 0.311 e. The molecule has 4 fully saturated rings. The van der Waals surface area contributed by atoms with E-state index in [0.29, 0.717) is 24.7 Å². The van der Waals surface area contributed by atoms with Crippen LogP contribution in [0.3, 0.4) is 0 Å². The average Bonchev–Trinajstić information content (AvgIpc) is 2.72. The van der Waals surface area contributed by atoms with E-state index in [9.17, 15) is 14.4 Å². The van der Waals surface area contributed by atoms with Crippen LogP contribution in [-0.4, -0.2) is 18.0 Å². The number of aldehydes is 1. The minimum atomic E-state index is -0.236. The maximum absolute atomic E-state index is 12.8. The zero-order valence-corrected chi connectivity index (χ0v) is 18.9. The van der Waals surface area contributed by atoms with Crippen LogP contribution in [0.2, 0.25) is 0 Å². The first-order valence-corrected chi connectivity index (χ1v) is 12.3. The van der Waals surface area contributed by atoms with E-state index in [-0.39, 0.29) is 28.5 Å². The Hall–Kier alpha value is -1.97. The summed E-state index contributed by atoms with van der Waals surface area (Å²) in [7, 11) is 0. The number of rotatable bonds is 11. The molecule has 0 saturated heterocycles. The Kier molecular flexibility index (Phi) is 6.93. The van der Waals surface area contributed by atoms with Gasteiger partial charge in [-0.25, -0.2) is 0 Å². The van der Waals surface area contributed by atoms with Crippen molar-refractivity contribution in [2.75, 3.05) is 0 Å². The van der Waals surface area contributed by atoms with E-state index >= 15 is 0 Å². The summed E-state index contributed by atoms with van der Waals surface area (Å²) in [5.41, 5.74) is 0.926. The summed E-state index contributed by atoms with van der Waals surface area (Å²) in [5.74, 6) is 2.46. The third-order valence-electron chi connectivity index (χ3n) is 7.87. The minimum Gasteiger partial charge on any atom is -0.426 e. The van der Waals surface area contributed by atoms with Crippen molar-refractivity contribution in [3.8, 4) is 5.75 Å². The van der Waals surface area contributed by atoms with Crippen molar-refractivity contribution in [2.24, 2.45) is 23.2 Å². The van der Waals surface area contributed by atoms with Crippen LogP contribution in [0.15, 0.2) is 18.2 Å². The maximum atomic E-state index is 12.8. The van der Waals surface area contributed by atoms with Crippen molar-refractivity contribution in [1.29, 1.82) is 0 Å². The monoisotopic (exact) mass is 424 g/mol. The van der Waals surface area contributed by atoms with Gasteiger partial charge in [-0.2, -0.15) is 0 Å². The highest BCUT2D eigenvalue weighted by Gasteiger charge is 2.51. The van der Waals surface area contributed by atoms with Gasteiger partial charge in [0, 0.05) is 12.0 Å². The second kappa shape index (κ2) is 9.67. The largest absolute Gasteiger partial charge is 0.426 e. The molecule has 0 N–H and O–H groups in total. The summed E-state index contributed by atoms with van der Waals surface area (Å²) in [6, 6.07) is 4.88. The lowest BCUT2D eigenvalue weighted by Gasteiger charge is -2.56. The highest BCUT2D eigenvalue weighted by molar-refractivity contribution is 5.98. The molecule has 0 aromatic heterocycles. The van der Waals surface area contributed by atoms with Crippen LogP contribution in [0.25, 0.3) is 0 Å². The van der Waals surface area contributed by atoms with Gasteiger partial charge in [-0.05, 0) is 86.3 Å². The quantitative estimate of drug-likeness (QED) is 0.133. The van der Waals surface area contributed by atoms with Crippen molar-refractivity contribution in [2.45, 2.75) is 90.4 Å². The second-order valence-corrected chi connectivity index (χ2v) is 10.5. The molecule has 0 spiro atoms. The number of ether oxygens (including phenoxy) is 1. The first-order chi connectivity index (χ1) is 15.0. The molecule has 5 rings (SSSR count). The number of hydrogen-bond acceptors (Lipinski definition) is 4. The molecular weight excluding hydrogens is 388 g/mol. The normalized spacial score (nSPS) is 28.5. The lowest BCUT2D eigenvalue weighted by atomic mass is 9.49. The Morgan fingerprint density at radius 1 is 1.00 bits per heavy atom. The number of unbranched alkanes of at least 4 members (excludes halogenated alkanes) is 4. The zero-order chi connectivity index (χ0) is 21.8. The molecule has 0 atom stereocenters. The van der Waals surface area contributed by atoms with E-state index in [1.165, 1.54) is 32.1 Å². The second-order valence-electron chi connectivity index (χ2n) is 10.5.